The molecule has 0 saturated heterocycles. The Bertz CT molecular complexity index is 1470. The normalized spacial score (nSPS) is 12.4. The maximum atomic E-state index is 12.9. The van der Waals surface area contributed by atoms with Crippen molar-refractivity contribution in [1.29, 1.82) is 0 Å². The smallest absolute Gasteiger partial charge is 0.306 e. The standard InChI is InChI=1S/C77H140O6/c1-4-7-10-13-16-19-21-23-25-27-29-31-33-35-36-37-38-39-40-42-43-45-47-49-51-53-55-58-61-64-67-70-76(79)82-73-74(72-81-75(78)69-66-63-60-57-18-15-12-9-6-3)83-77(80)71-68-65-62-59-56-54-52-50-48-46-44-41-34-32-30-28-26-24-22-20-17-14-11-8-5-2/h21-24,27-30,33,35,74H,4-20,25-26,31-32,34,36-73H2,1-3H3/b23-21-,24-22-,29-27-,30-28-,35-33-. The molecule has 83 heavy (non-hydrogen) atoms. The number of esters is 3. The Morgan fingerprint density at radius 2 is 0.434 bits per heavy atom. The first kappa shape index (κ1) is 80.1. The topological polar surface area (TPSA) is 78.9 Å². The van der Waals surface area contributed by atoms with Crippen LogP contribution >= 0.6 is 0 Å². The molecule has 484 valence electrons. The van der Waals surface area contributed by atoms with Gasteiger partial charge in [-0.25, -0.2) is 0 Å². The van der Waals surface area contributed by atoms with Gasteiger partial charge in [0.05, 0.1) is 0 Å². The Hall–Kier alpha value is -2.89. The van der Waals surface area contributed by atoms with E-state index in [-0.39, 0.29) is 31.1 Å². The van der Waals surface area contributed by atoms with Gasteiger partial charge in [-0.1, -0.05) is 345 Å². The molecule has 0 aliphatic carbocycles. The van der Waals surface area contributed by atoms with E-state index in [1.165, 1.54) is 276 Å². The van der Waals surface area contributed by atoms with E-state index in [2.05, 4.69) is 81.5 Å². The summed E-state index contributed by atoms with van der Waals surface area (Å²) >= 11 is 0. The van der Waals surface area contributed by atoms with Gasteiger partial charge in [-0.3, -0.25) is 14.4 Å². The zero-order chi connectivity index (χ0) is 59.9. The highest BCUT2D eigenvalue weighted by Crippen LogP contribution is 2.18. The molecule has 0 aromatic rings. The summed E-state index contributed by atoms with van der Waals surface area (Å²) in [5.41, 5.74) is 0. The molecule has 6 heteroatoms. The van der Waals surface area contributed by atoms with E-state index in [1.807, 2.05) is 0 Å². The lowest BCUT2D eigenvalue weighted by molar-refractivity contribution is -0.167. The van der Waals surface area contributed by atoms with Gasteiger partial charge in [0.15, 0.2) is 6.10 Å². The fourth-order valence-electron chi connectivity index (χ4n) is 11.0. The lowest BCUT2D eigenvalue weighted by Crippen LogP contribution is -2.30. The van der Waals surface area contributed by atoms with Gasteiger partial charge in [0.25, 0.3) is 0 Å². The molecule has 0 aromatic carbocycles. The van der Waals surface area contributed by atoms with Crippen LogP contribution in [0.1, 0.15) is 393 Å². The molecule has 1 atom stereocenters. The van der Waals surface area contributed by atoms with E-state index in [0.29, 0.717) is 19.3 Å². The number of unbranched alkanes of at least 4 members (excludes halogenated alkanes) is 47. The van der Waals surface area contributed by atoms with Crippen LogP contribution in [0.5, 0.6) is 0 Å². The fraction of sp³-hybridized carbons (Fsp3) is 0.831. The Kier molecular flexibility index (Phi) is 69.1. The van der Waals surface area contributed by atoms with Gasteiger partial charge in [0, 0.05) is 19.3 Å². The van der Waals surface area contributed by atoms with Crippen LogP contribution in [0.15, 0.2) is 60.8 Å². The molecule has 0 spiro atoms. The molecule has 0 amide bonds. The van der Waals surface area contributed by atoms with Crippen molar-refractivity contribution in [2.24, 2.45) is 0 Å². The molecule has 0 N–H and O–H groups in total. The first-order chi connectivity index (χ1) is 41.0. The van der Waals surface area contributed by atoms with E-state index in [9.17, 15) is 14.4 Å². The zero-order valence-corrected chi connectivity index (χ0v) is 55.7. The zero-order valence-electron chi connectivity index (χ0n) is 55.7. The minimum atomic E-state index is -0.772. The van der Waals surface area contributed by atoms with Crippen molar-refractivity contribution in [3.63, 3.8) is 0 Å². The van der Waals surface area contributed by atoms with E-state index in [4.69, 9.17) is 14.2 Å². The van der Waals surface area contributed by atoms with Crippen molar-refractivity contribution in [2.75, 3.05) is 13.2 Å². The summed E-state index contributed by atoms with van der Waals surface area (Å²) in [7, 11) is 0. The first-order valence-electron chi connectivity index (χ1n) is 36.8. The van der Waals surface area contributed by atoms with Crippen molar-refractivity contribution in [3.8, 4) is 0 Å². The maximum absolute atomic E-state index is 12.9. The van der Waals surface area contributed by atoms with Crippen molar-refractivity contribution in [1.82, 2.24) is 0 Å². The molecular formula is C77H140O6. The molecule has 0 rings (SSSR count). The summed E-state index contributed by atoms with van der Waals surface area (Å²) in [6.07, 6.45) is 92.7. The molecule has 0 bridgehead atoms. The SMILES string of the molecule is CCCCCCC/C=C\C/C=C\C/C=C\CCCCCCCCCCCCCCCCCCC(=O)OCC(COC(=O)CCCCCCCCCCC)OC(=O)CCCCCCCCCCCCCCC/C=C\C/C=C\CCCCCCC. The minimum absolute atomic E-state index is 0.0694. The van der Waals surface area contributed by atoms with Crippen LogP contribution in [-0.2, 0) is 28.6 Å². The second kappa shape index (κ2) is 71.6. The number of carbonyl (C=O) groups is 3. The fourth-order valence-corrected chi connectivity index (χ4v) is 11.0. The van der Waals surface area contributed by atoms with Gasteiger partial charge >= 0.3 is 17.9 Å². The van der Waals surface area contributed by atoms with Gasteiger partial charge in [0.2, 0.25) is 0 Å². The molecule has 0 aliphatic heterocycles. The van der Waals surface area contributed by atoms with E-state index in [1.54, 1.807) is 0 Å². The predicted octanol–water partition coefficient (Wildman–Crippen LogP) is 25.5. The van der Waals surface area contributed by atoms with E-state index in [0.717, 1.165) is 77.0 Å². The van der Waals surface area contributed by atoms with Crippen LogP contribution in [-0.4, -0.2) is 37.2 Å². The first-order valence-corrected chi connectivity index (χ1v) is 36.8. The Balaban J connectivity index is 4.09. The highest BCUT2D eigenvalue weighted by atomic mass is 16.6. The van der Waals surface area contributed by atoms with Gasteiger partial charge in [-0.15, -0.1) is 0 Å². The lowest BCUT2D eigenvalue weighted by Gasteiger charge is -2.18. The van der Waals surface area contributed by atoms with Gasteiger partial charge in [0.1, 0.15) is 13.2 Å². The van der Waals surface area contributed by atoms with Crippen molar-refractivity contribution >= 4 is 17.9 Å². The molecule has 0 saturated carbocycles. The predicted molar refractivity (Wildman–Crippen MR) is 362 cm³/mol. The van der Waals surface area contributed by atoms with Crippen LogP contribution in [0.2, 0.25) is 0 Å². The van der Waals surface area contributed by atoms with Gasteiger partial charge in [-0.2, -0.15) is 0 Å². The largest absolute Gasteiger partial charge is 0.462 e. The molecule has 0 aliphatic rings. The lowest BCUT2D eigenvalue weighted by atomic mass is 10.0. The summed E-state index contributed by atoms with van der Waals surface area (Å²) in [5.74, 6) is -0.849. The number of rotatable bonds is 68. The van der Waals surface area contributed by atoms with Crippen LogP contribution in [0.3, 0.4) is 0 Å². The molecule has 1 unspecified atom stereocenters. The molecule has 0 heterocycles. The molecule has 0 radical (unpaired) electrons. The average molecular weight is 1160 g/mol. The van der Waals surface area contributed by atoms with Crippen molar-refractivity contribution in [3.05, 3.63) is 60.8 Å². The van der Waals surface area contributed by atoms with Gasteiger partial charge in [-0.05, 0) is 89.9 Å². The maximum Gasteiger partial charge on any atom is 0.306 e. The van der Waals surface area contributed by atoms with E-state index >= 15 is 0 Å². The number of ether oxygens (including phenoxy) is 3. The van der Waals surface area contributed by atoms with Crippen LogP contribution < -0.4 is 0 Å². The number of allylic oxidation sites excluding steroid dienone is 10. The minimum Gasteiger partial charge on any atom is -0.462 e. The summed E-state index contributed by atoms with van der Waals surface area (Å²) in [6.45, 7) is 6.66. The Labute approximate surface area is 517 Å². The van der Waals surface area contributed by atoms with Crippen molar-refractivity contribution < 1.29 is 28.6 Å². The molecular weight excluding hydrogens is 1020 g/mol. The molecule has 0 fully saturated rings. The van der Waals surface area contributed by atoms with E-state index < -0.39 is 6.10 Å². The highest BCUT2D eigenvalue weighted by molar-refractivity contribution is 5.71. The second-order valence-electron chi connectivity index (χ2n) is 24.9. The van der Waals surface area contributed by atoms with Crippen LogP contribution in [0, 0.1) is 0 Å². The summed E-state index contributed by atoms with van der Waals surface area (Å²) < 4.78 is 17.0. The molecule has 6 nitrogen and oxygen atoms in total. The summed E-state index contributed by atoms with van der Waals surface area (Å²) in [6, 6.07) is 0. The van der Waals surface area contributed by atoms with Gasteiger partial charge < -0.3 is 14.2 Å². The third kappa shape index (κ3) is 69.8. The van der Waals surface area contributed by atoms with Crippen LogP contribution in [0.4, 0.5) is 0 Å². The third-order valence-corrected chi connectivity index (χ3v) is 16.5. The third-order valence-electron chi connectivity index (χ3n) is 16.5. The number of carbonyl (C=O) groups excluding carboxylic acids is 3. The Morgan fingerprint density at radius 1 is 0.241 bits per heavy atom. The average Bonchev–Trinajstić information content (AvgIpc) is 3.49. The molecule has 0 aromatic heterocycles. The monoisotopic (exact) mass is 1160 g/mol. The number of hydrogen-bond donors (Lipinski definition) is 0. The quantitative estimate of drug-likeness (QED) is 0.0261. The Morgan fingerprint density at radius 3 is 0.675 bits per heavy atom. The second-order valence-corrected chi connectivity index (χ2v) is 24.9. The number of hydrogen-bond acceptors (Lipinski definition) is 6. The van der Waals surface area contributed by atoms with Crippen molar-refractivity contribution in [2.45, 2.75) is 399 Å². The summed E-state index contributed by atoms with van der Waals surface area (Å²) in [4.78, 5) is 38.3. The van der Waals surface area contributed by atoms with Crippen LogP contribution in [0.25, 0.3) is 0 Å². The highest BCUT2D eigenvalue weighted by Gasteiger charge is 2.19. The summed E-state index contributed by atoms with van der Waals surface area (Å²) in [5, 5.41) is 0.